The summed E-state index contributed by atoms with van der Waals surface area (Å²) in [6.07, 6.45) is 9.89. The predicted molar refractivity (Wildman–Crippen MR) is 77.7 cm³/mol. The van der Waals surface area contributed by atoms with E-state index in [1.165, 1.54) is 12.8 Å². The van der Waals surface area contributed by atoms with Gasteiger partial charge in [0.25, 0.3) is 0 Å². The fraction of sp³-hybridized carbons (Fsp3) is 0.765. The molecule has 2 fully saturated rings. The van der Waals surface area contributed by atoms with Gasteiger partial charge in [-0.1, -0.05) is 45.3 Å². The number of carbonyl (C=O) groups is 2. The van der Waals surface area contributed by atoms with Gasteiger partial charge in [-0.2, -0.15) is 0 Å². The van der Waals surface area contributed by atoms with Crippen LogP contribution in [0.1, 0.15) is 46.0 Å². The number of amides is 2. The fourth-order valence-electron chi connectivity index (χ4n) is 4.32. The second-order valence-corrected chi connectivity index (χ2v) is 6.70. The van der Waals surface area contributed by atoms with Crippen LogP contribution in [0.2, 0.25) is 0 Å². The summed E-state index contributed by atoms with van der Waals surface area (Å²) >= 11 is 0. The van der Waals surface area contributed by atoms with Gasteiger partial charge in [-0.25, -0.2) is 0 Å². The highest BCUT2D eigenvalue weighted by Crippen LogP contribution is 2.52. The number of unbranched alkanes of at least 4 members (excludes halogenated alkanes) is 1. The Labute approximate surface area is 121 Å². The molecule has 110 valence electrons. The lowest BCUT2D eigenvalue weighted by atomic mass is 9.85. The first-order chi connectivity index (χ1) is 9.67. The smallest absolute Gasteiger partial charge is 0.233 e. The number of hydrogen-bond acceptors (Lipinski definition) is 2. The first-order valence-corrected chi connectivity index (χ1v) is 8.20. The molecule has 0 aromatic heterocycles. The van der Waals surface area contributed by atoms with E-state index < -0.39 is 0 Å². The minimum Gasteiger partial charge on any atom is -0.282 e. The van der Waals surface area contributed by atoms with E-state index in [2.05, 4.69) is 26.0 Å². The van der Waals surface area contributed by atoms with Crippen molar-refractivity contribution < 1.29 is 9.59 Å². The minimum absolute atomic E-state index is 0.0267. The first kappa shape index (κ1) is 13.8. The molecule has 2 amide bonds. The minimum atomic E-state index is -0.0267. The van der Waals surface area contributed by atoms with Gasteiger partial charge in [0.05, 0.1) is 11.8 Å². The third-order valence-corrected chi connectivity index (χ3v) is 5.55. The summed E-state index contributed by atoms with van der Waals surface area (Å²) in [5, 5.41) is 0. The van der Waals surface area contributed by atoms with Crippen molar-refractivity contribution in [1.29, 1.82) is 0 Å². The summed E-state index contributed by atoms with van der Waals surface area (Å²) in [6, 6.07) is 0. The summed E-state index contributed by atoms with van der Waals surface area (Å²) in [6.45, 7) is 5.00. The predicted octanol–water partition coefficient (Wildman–Crippen LogP) is 3.01. The number of hydrogen-bond donors (Lipinski definition) is 0. The van der Waals surface area contributed by atoms with Gasteiger partial charge in [-0.15, -0.1) is 0 Å². The molecule has 1 saturated carbocycles. The maximum absolute atomic E-state index is 12.6. The van der Waals surface area contributed by atoms with Crippen LogP contribution in [0.15, 0.2) is 12.2 Å². The standard InChI is InChI=1S/C17H25NO2/c1-3-5-6-11(4-2)10-18-16(19)14-12-7-8-13(9-12)15(14)17(18)20/h7-8,11-15H,3-6,9-10H2,1-2H3/t11-,12-,13+,14+,15-/m0/s1. The molecule has 0 aromatic carbocycles. The lowest BCUT2D eigenvalue weighted by Crippen LogP contribution is -2.37. The molecule has 3 nitrogen and oxygen atoms in total. The van der Waals surface area contributed by atoms with Crippen LogP contribution >= 0.6 is 0 Å². The topological polar surface area (TPSA) is 37.4 Å². The summed E-state index contributed by atoms with van der Waals surface area (Å²) in [5.41, 5.74) is 0. The summed E-state index contributed by atoms with van der Waals surface area (Å²) in [5.74, 6) is 1.33. The Kier molecular flexibility index (Phi) is 3.70. The Morgan fingerprint density at radius 1 is 1.15 bits per heavy atom. The molecule has 2 aliphatic carbocycles. The molecule has 0 spiro atoms. The van der Waals surface area contributed by atoms with Gasteiger partial charge in [-0.05, 0) is 30.6 Å². The maximum atomic E-state index is 12.6. The molecule has 3 heteroatoms. The van der Waals surface area contributed by atoms with E-state index in [1.807, 2.05) is 0 Å². The molecular formula is C17H25NO2. The highest BCUT2D eigenvalue weighted by atomic mass is 16.2. The number of likely N-dealkylation sites (tertiary alicyclic amines) is 1. The summed E-state index contributed by atoms with van der Waals surface area (Å²) in [4.78, 5) is 26.8. The SMILES string of the molecule is CCCC[C@H](CC)CN1C(=O)[C@@H]2[C@H](C1=O)[C@H]1C=C[C@@H]2C1. The third-order valence-electron chi connectivity index (χ3n) is 5.55. The fourth-order valence-corrected chi connectivity index (χ4v) is 4.32. The Balaban J connectivity index is 1.70. The van der Waals surface area contributed by atoms with Crippen molar-refractivity contribution in [2.45, 2.75) is 46.0 Å². The van der Waals surface area contributed by atoms with Gasteiger partial charge >= 0.3 is 0 Å². The van der Waals surface area contributed by atoms with Crippen molar-refractivity contribution >= 4 is 11.8 Å². The van der Waals surface area contributed by atoms with Gasteiger partial charge < -0.3 is 0 Å². The van der Waals surface area contributed by atoms with Crippen LogP contribution in [-0.2, 0) is 9.59 Å². The molecule has 1 aliphatic heterocycles. The zero-order valence-corrected chi connectivity index (χ0v) is 12.5. The quantitative estimate of drug-likeness (QED) is 0.552. The van der Waals surface area contributed by atoms with Gasteiger partial charge in [-0.3, -0.25) is 14.5 Å². The Hall–Kier alpha value is -1.12. The van der Waals surface area contributed by atoms with Crippen LogP contribution in [-0.4, -0.2) is 23.3 Å². The van der Waals surface area contributed by atoms with E-state index in [0.717, 1.165) is 19.3 Å². The molecule has 20 heavy (non-hydrogen) atoms. The second kappa shape index (κ2) is 5.34. The molecule has 3 rings (SSSR count). The molecule has 5 atom stereocenters. The number of allylic oxidation sites excluding steroid dienone is 2. The van der Waals surface area contributed by atoms with Crippen LogP contribution in [0.4, 0.5) is 0 Å². The number of carbonyl (C=O) groups excluding carboxylic acids is 2. The summed E-state index contributed by atoms with van der Waals surface area (Å²) in [7, 11) is 0. The van der Waals surface area contributed by atoms with Crippen molar-refractivity contribution in [1.82, 2.24) is 4.90 Å². The van der Waals surface area contributed by atoms with E-state index in [9.17, 15) is 9.59 Å². The Morgan fingerprint density at radius 2 is 1.75 bits per heavy atom. The van der Waals surface area contributed by atoms with Gasteiger partial charge in [0.2, 0.25) is 11.8 Å². The number of rotatable bonds is 6. The van der Waals surface area contributed by atoms with Crippen LogP contribution in [0.5, 0.6) is 0 Å². The molecule has 0 N–H and O–H groups in total. The normalized spacial score (nSPS) is 36.0. The van der Waals surface area contributed by atoms with E-state index >= 15 is 0 Å². The second-order valence-electron chi connectivity index (χ2n) is 6.70. The average molecular weight is 275 g/mol. The van der Waals surface area contributed by atoms with Crippen molar-refractivity contribution in [3.8, 4) is 0 Å². The third kappa shape index (κ3) is 2.02. The van der Waals surface area contributed by atoms with Crippen molar-refractivity contribution in [2.75, 3.05) is 6.54 Å². The van der Waals surface area contributed by atoms with Gasteiger partial charge in [0.1, 0.15) is 0 Å². The van der Waals surface area contributed by atoms with Crippen molar-refractivity contribution in [3.05, 3.63) is 12.2 Å². The maximum Gasteiger partial charge on any atom is 0.233 e. The number of fused-ring (bicyclic) bond motifs is 5. The zero-order chi connectivity index (χ0) is 14.3. The lowest BCUT2D eigenvalue weighted by Gasteiger charge is -2.23. The molecule has 3 aliphatic rings. The molecule has 0 radical (unpaired) electrons. The molecule has 0 unspecified atom stereocenters. The molecule has 2 bridgehead atoms. The Bertz CT molecular complexity index is 412. The molecule has 1 heterocycles. The highest BCUT2D eigenvalue weighted by Gasteiger charge is 2.59. The van der Waals surface area contributed by atoms with Crippen LogP contribution < -0.4 is 0 Å². The van der Waals surface area contributed by atoms with Gasteiger partial charge in [0.15, 0.2) is 0 Å². The molecular weight excluding hydrogens is 250 g/mol. The lowest BCUT2D eigenvalue weighted by molar-refractivity contribution is -0.141. The van der Waals surface area contributed by atoms with E-state index in [0.29, 0.717) is 24.3 Å². The molecule has 1 saturated heterocycles. The molecule has 0 aromatic rings. The van der Waals surface area contributed by atoms with Crippen LogP contribution in [0.3, 0.4) is 0 Å². The first-order valence-electron chi connectivity index (χ1n) is 8.20. The van der Waals surface area contributed by atoms with Gasteiger partial charge in [0, 0.05) is 6.54 Å². The number of nitrogens with zero attached hydrogens (tertiary/aromatic N) is 1. The van der Waals surface area contributed by atoms with E-state index in [-0.39, 0.29) is 23.7 Å². The monoisotopic (exact) mass is 275 g/mol. The largest absolute Gasteiger partial charge is 0.282 e. The number of imide groups is 1. The highest BCUT2D eigenvalue weighted by molar-refractivity contribution is 6.06. The van der Waals surface area contributed by atoms with E-state index in [1.54, 1.807) is 4.90 Å². The van der Waals surface area contributed by atoms with Crippen molar-refractivity contribution in [3.63, 3.8) is 0 Å². The van der Waals surface area contributed by atoms with E-state index in [4.69, 9.17) is 0 Å². The van der Waals surface area contributed by atoms with Crippen molar-refractivity contribution in [2.24, 2.45) is 29.6 Å². The Morgan fingerprint density at radius 3 is 2.25 bits per heavy atom. The zero-order valence-electron chi connectivity index (χ0n) is 12.5. The van der Waals surface area contributed by atoms with Crippen LogP contribution in [0.25, 0.3) is 0 Å². The van der Waals surface area contributed by atoms with Crippen LogP contribution in [0, 0.1) is 29.6 Å². The average Bonchev–Trinajstić information content (AvgIpc) is 3.12. The summed E-state index contributed by atoms with van der Waals surface area (Å²) < 4.78 is 0.